The SMILES string of the molecule is Cc1cc(CNCC(O)C(O)C(O)C(O)CO)c(O)c(CN2CCCN(Cc3ccccc3)CCN(Cc3cc(C)cc(CNCC(O)C(O)C(O)C(O)CO)c3O)CCC2)c1. The lowest BCUT2D eigenvalue weighted by Gasteiger charge is -2.28. The molecule has 0 aliphatic carbocycles. The second-order valence-electron chi connectivity index (χ2n) is 16.7. The largest absolute Gasteiger partial charge is 0.507 e. The zero-order valence-electron chi connectivity index (χ0n) is 36.0. The second-order valence-corrected chi connectivity index (χ2v) is 16.7. The average Bonchev–Trinajstić information content (AvgIpc) is 3.30. The van der Waals surface area contributed by atoms with Crippen LogP contribution >= 0.6 is 0 Å². The van der Waals surface area contributed by atoms with Crippen LogP contribution in [0.25, 0.3) is 0 Å². The first-order valence-corrected chi connectivity index (χ1v) is 21.5. The van der Waals surface area contributed by atoms with E-state index in [1.165, 1.54) is 5.56 Å². The minimum absolute atomic E-state index is 0.120. The Morgan fingerprint density at radius 1 is 0.484 bits per heavy atom. The molecule has 17 heteroatoms. The molecule has 4 rings (SSSR count). The third kappa shape index (κ3) is 15.7. The predicted octanol–water partition coefficient (Wildman–Crippen LogP) is -1.63. The van der Waals surface area contributed by atoms with Crippen molar-refractivity contribution in [3.63, 3.8) is 0 Å². The van der Waals surface area contributed by atoms with Gasteiger partial charge in [0.1, 0.15) is 48.1 Å². The fraction of sp³-hybridized carbons (Fsp3) is 0.600. The summed E-state index contributed by atoms with van der Waals surface area (Å²) >= 11 is 0. The quantitative estimate of drug-likeness (QED) is 0.0540. The Morgan fingerprint density at radius 2 is 0.839 bits per heavy atom. The van der Waals surface area contributed by atoms with E-state index >= 15 is 0 Å². The lowest BCUT2D eigenvalue weighted by Crippen LogP contribution is -2.48. The highest BCUT2D eigenvalue weighted by molar-refractivity contribution is 5.44. The van der Waals surface area contributed by atoms with Crippen LogP contribution in [0, 0.1) is 13.8 Å². The van der Waals surface area contributed by atoms with Crippen LogP contribution in [0.4, 0.5) is 0 Å². The highest BCUT2D eigenvalue weighted by atomic mass is 16.4. The number of nitrogens with zero attached hydrogens (tertiary/aromatic N) is 3. The third-order valence-corrected chi connectivity index (χ3v) is 11.5. The van der Waals surface area contributed by atoms with Crippen molar-refractivity contribution in [2.45, 2.75) is 108 Å². The molecule has 3 aromatic rings. The van der Waals surface area contributed by atoms with Gasteiger partial charge in [0.2, 0.25) is 0 Å². The zero-order chi connectivity index (χ0) is 45.3. The summed E-state index contributed by atoms with van der Waals surface area (Å²) in [5, 5.41) is 127. The molecule has 3 aromatic carbocycles. The van der Waals surface area contributed by atoms with Crippen molar-refractivity contribution in [1.29, 1.82) is 0 Å². The van der Waals surface area contributed by atoms with Gasteiger partial charge in [-0.3, -0.25) is 14.7 Å². The fourth-order valence-electron chi connectivity index (χ4n) is 7.91. The molecule has 0 aromatic heterocycles. The number of aromatic hydroxyl groups is 2. The molecule has 17 nitrogen and oxygen atoms in total. The molecule has 62 heavy (non-hydrogen) atoms. The monoisotopic (exact) mass is 874 g/mol. The van der Waals surface area contributed by atoms with Crippen LogP contribution < -0.4 is 10.6 Å². The smallest absolute Gasteiger partial charge is 0.124 e. The fourth-order valence-corrected chi connectivity index (χ4v) is 7.91. The topological polar surface area (TPSA) is 277 Å². The summed E-state index contributed by atoms with van der Waals surface area (Å²) in [7, 11) is 0. The first-order chi connectivity index (χ1) is 29.6. The molecule has 1 aliphatic rings. The number of benzene rings is 3. The normalized spacial score (nSPS) is 19.2. The Hall–Kier alpha value is -3.34. The number of phenols is 2. The van der Waals surface area contributed by atoms with E-state index in [-0.39, 0.29) is 37.7 Å². The molecule has 0 amide bonds. The summed E-state index contributed by atoms with van der Waals surface area (Å²) in [5.74, 6) is 0.245. The van der Waals surface area contributed by atoms with E-state index < -0.39 is 62.0 Å². The number of aryl methyl sites for hydroxylation is 2. The summed E-state index contributed by atoms with van der Waals surface area (Å²) in [6, 6.07) is 17.9. The Balaban J connectivity index is 1.46. The Bertz CT molecular complexity index is 1760. The van der Waals surface area contributed by atoms with Crippen molar-refractivity contribution in [3.8, 4) is 11.5 Å². The van der Waals surface area contributed by atoms with Gasteiger partial charge in [-0.15, -0.1) is 0 Å². The first kappa shape index (κ1) is 51.3. The van der Waals surface area contributed by atoms with Gasteiger partial charge in [0.15, 0.2) is 0 Å². The van der Waals surface area contributed by atoms with E-state index in [9.17, 15) is 51.1 Å². The molecule has 348 valence electrons. The van der Waals surface area contributed by atoms with Gasteiger partial charge < -0.3 is 71.9 Å². The van der Waals surface area contributed by atoms with Crippen molar-refractivity contribution in [2.24, 2.45) is 0 Å². The number of nitrogens with one attached hydrogen (secondary N) is 2. The summed E-state index contributed by atoms with van der Waals surface area (Å²) in [5.41, 5.74) is 5.79. The van der Waals surface area contributed by atoms with Gasteiger partial charge in [0.05, 0.1) is 25.4 Å². The number of hydrogen-bond acceptors (Lipinski definition) is 17. The number of rotatable bonds is 22. The van der Waals surface area contributed by atoms with Gasteiger partial charge in [0.25, 0.3) is 0 Å². The molecular formula is C45H71N5O12. The Kier molecular flexibility index (Phi) is 21.4. The predicted molar refractivity (Wildman–Crippen MR) is 233 cm³/mol. The van der Waals surface area contributed by atoms with E-state index in [1.807, 2.05) is 56.3 Å². The van der Waals surface area contributed by atoms with Crippen molar-refractivity contribution in [2.75, 3.05) is 65.6 Å². The van der Waals surface area contributed by atoms with Gasteiger partial charge in [-0.25, -0.2) is 0 Å². The van der Waals surface area contributed by atoms with Gasteiger partial charge in [-0.05, 0) is 58.4 Å². The third-order valence-electron chi connectivity index (χ3n) is 11.5. The number of aliphatic hydroxyl groups excluding tert-OH is 10. The van der Waals surface area contributed by atoms with Crippen LogP contribution in [0.1, 0.15) is 51.8 Å². The molecule has 1 heterocycles. The zero-order valence-corrected chi connectivity index (χ0v) is 36.0. The Labute approximate surface area is 364 Å². The average molecular weight is 874 g/mol. The van der Waals surface area contributed by atoms with Crippen LogP contribution in [-0.2, 0) is 32.7 Å². The van der Waals surface area contributed by atoms with Gasteiger partial charge in [0, 0.05) is 81.2 Å². The second kappa shape index (κ2) is 25.8. The highest BCUT2D eigenvalue weighted by Crippen LogP contribution is 2.28. The van der Waals surface area contributed by atoms with Gasteiger partial charge >= 0.3 is 0 Å². The standard InChI is InChI=1S/C45H71N5O12/c1-29-16-32(20-46-22-36(53)42(59)44(61)38(55)27-51)40(57)34(18-29)25-48-10-6-12-49(24-31-8-4-3-5-9-31)14-15-50(13-7-11-48)26-35-19-30(2)17-33(41(35)58)21-47-23-37(54)43(60)45(62)39(56)28-52/h3-5,8-9,16-19,36-39,42-47,51-62H,6-7,10-15,20-28H2,1-2H3. The molecule has 8 unspecified atom stereocenters. The molecule has 0 radical (unpaired) electrons. The number of hydrogen-bond donors (Lipinski definition) is 14. The van der Waals surface area contributed by atoms with Crippen molar-refractivity contribution < 1.29 is 61.3 Å². The van der Waals surface area contributed by atoms with Crippen LogP contribution in [0.3, 0.4) is 0 Å². The summed E-state index contributed by atoms with van der Waals surface area (Å²) in [6.07, 6.45) is -11.2. The summed E-state index contributed by atoms with van der Waals surface area (Å²) in [4.78, 5) is 7.12. The maximum atomic E-state index is 11.5. The molecular weight excluding hydrogens is 803 g/mol. The van der Waals surface area contributed by atoms with Crippen LogP contribution in [0.5, 0.6) is 11.5 Å². The molecule has 0 saturated carbocycles. The van der Waals surface area contributed by atoms with Gasteiger partial charge in [-0.1, -0.05) is 65.7 Å². The maximum Gasteiger partial charge on any atom is 0.124 e. The summed E-state index contributed by atoms with van der Waals surface area (Å²) in [6.45, 7) is 8.81. The lowest BCUT2D eigenvalue weighted by atomic mass is 10.0. The van der Waals surface area contributed by atoms with Gasteiger partial charge in [-0.2, -0.15) is 0 Å². The number of aliphatic hydroxyl groups is 10. The highest BCUT2D eigenvalue weighted by Gasteiger charge is 2.31. The maximum absolute atomic E-state index is 11.5. The van der Waals surface area contributed by atoms with E-state index in [0.717, 1.165) is 80.9 Å². The van der Waals surface area contributed by atoms with Crippen LogP contribution in [-0.4, -0.2) is 190 Å². The van der Waals surface area contributed by atoms with Crippen LogP contribution in [0.15, 0.2) is 54.6 Å². The van der Waals surface area contributed by atoms with E-state index in [0.29, 0.717) is 24.2 Å². The molecule has 0 spiro atoms. The van der Waals surface area contributed by atoms with E-state index in [4.69, 9.17) is 10.2 Å². The molecule has 1 fully saturated rings. The van der Waals surface area contributed by atoms with Crippen molar-refractivity contribution in [3.05, 3.63) is 93.5 Å². The molecule has 1 aliphatic heterocycles. The first-order valence-electron chi connectivity index (χ1n) is 21.5. The summed E-state index contributed by atoms with van der Waals surface area (Å²) < 4.78 is 0. The molecule has 14 N–H and O–H groups in total. The number of phenolic OH excluding ortho intramolecular Hbond substituents is 2. The lowest BCUT2D eigenvalue weighted by molar-refractivity contribution is -0.114. The van der Waals surface area contributed by atoms with E-state index in [2.05, 4.69) is 37.5 Å². The van der Waals surface area contributed by atoms with Crippen LogP contribution in [0.2, 0.25) is 0 Å². The van der Waals surface area contributed by atoms with E-state index in [1.54, 1.807) is 0 Å². The molecule has 8 atom stereocenters. The minimum atomic E-state index is -1.73. The molecule has 1 saturated heterocycles. The van der Waals surface area contributed by atoms with Crippen molar-refractivity contribution >= 4 is 0 Å². The minimum Gasteiger partial charge on any atom is -0.507 e. The Morgan fingerprint density at radius 3 is 1.24 bits per heavy atom. The van der Waals surface area contributed by atoms with Crippen molar-refractivity contribution in [1.82, 2.24) is 25.3 Å². The molecule has 0 bridgehead atoms.